The van der Waals surface area contributed by atoms with Gasteiger partial charge < -0.3 is 38.7 Å². The van der Waals surface area contributed by atoms with Crippen molar-refractivity contribution >= 4 is 46.0 Å². The number of nitrogens with zero attached hydrogens (tertiary/aromatic N) is 3. The number of halogens is 3. The number of allylic oxidation sites excluding steroid dienone is 2. The van der Waals surface area contributed by atoms with Crippen molar-refractivity contribution in [1.29, 1.82) is 0 Å². The molecule has 0 radical (unpaired) electrons. The molecule has 0 amide bonds. The highest BCUT2D eigenvalue weighted by Gasteiger charge is 2.36. The van der Waals surface area contributed by atoms with E-state index < -0.39 is 0 Å². The van der Waals surface area contributed by atoms with Gasteiger partial charge >= 0.3 is 0 Å². The fraction of sp³-hybridized carbons (Fsp3) is 0.304. The minimum absolute atomic E-state index is 0. The van der Waals surface area contributed by atoms with Gasteiger partial charge in [-0.15, -0.1) is 0 Å². The smallest absolute Gasteiger partial charge is 0.187 e. The van der Waals surface area contributed by atoms with Gasteiger partial charge in [0.25, 0.3) is 0 Å². The van der Waals surface area contributed by atoms with Gasteiger partial charge in [-0.3, -0.25) is 4.90 Å². The van der Waals surface area contributed by atoms with Crippen LogP contribution in [0.1, 0.15) is 13.8 Å². The third-order valence-corrected chi connectivity index (χ3v) is 6.38. The zero-order chi connectivity index (χ0) is 20.7. The molecule has 2 aliphatic rings. The lowest BCUT2D eigenvalue weighted by atomic mass is 10.2. The van der Waals surface area contributed by atoms with E-state index in [9.17, 15) is 0 Å². The summed E-state index contributed by atoms with van der Waals surface area (Å²) in [5.74, 6) is 1.15. The average Bonchev–Trinajstić information content (AvgIpc) is 3.13. The van der Waals surface area contributed by atoms with Crippen LogP contribution in [0.4, 0.5) is 22.7 Å². The number of hydrogen-bond donors (Lipinski definition) is 1. The Kier molecular flexibility index (Phi) is 7.28. The molecule has 0 bridgehead atoms. The van der Waals surface area contributed by atoms with Crippen LogP contribution in [0.3, 0.4) is 0 Å². The topological polar surface area (TPSA) is 14.2 Å². The molecule has 4 rings (SSSR count). The second kappa shape index (κ2) is 9.39. The Morgan fingerprint density at radius 1 is 0.967 bits per heavy atom. The molecule has 0 saturated heterocycles. The summed E-state index contributed by atoms with van der Waals surface area (Å²) in [6, 6.07) is 12.3. The van der Waals surface area contributed by atoms with E-state index in [-0.39, 0.29) is 30.1 Å². The second-order valence-electron chi connectivity index (χ2n) is 7.44. The molecular formula is C23H27Cl2IN4. The van der Waals surface area contributed by atoms with Crippen LogP contribution in [0.25, 0.3) is 0 Å². The number of likely N-dealkylation sites (N-methyl/N-ethyl adjacent to an activating group) is 2. The molecule has 0 aliphatic carbocycles. The molecule has 2 aliphatic heterocycles. The van der Waals surface area contributed by atoms with E-state index in [0.29, 0.717) is 0 Å². The minimum Gasteiger partial charge on any atom is -1.00 e. The van der Waals surface area contributed by atoms with Crippen molar-refractivity contribution in [1.82, 2.24) is 0 Å². The Balaban J connectivity index is 0.00000256. The standard InChI is InChI=1S/C23H26Cl2N4.HI/c1-5-28-18-12-10-16(24)14-20(18)26(3)22(28)8-7-9-23-27(4)21-15-17(25)11-13-19(21)29(23)6-2;/h7-15,22H,5-6H2,1-4H3;1H. The van der Waals surface area contributed by atoms with E-state index in [4.69, 9.17) is 23.2 Å². The molecule has 7 heteroatoms. The van der Waals surface area contributed by atoms with Crippen molar-refractivity contribution in [3.63, 3.8) is 0 Å². The van der Waals surface area contributed by atoms with E-state index in [1.165, 1.54) is 22.0 Å². The summed E-state index contributed by atoms with van der Waals surface area (Å²) in [5.41, 5.74) is 4.84. The lowest BCUT2D eigenvalue weighted by molar-refractivity contribution is -0.843. The average molecular weight is 557 g/mol. The third kappa shape index (κ3) is 3.93. The Hall–Kier alpha value is -1.41. The highest BCUT2D eigenvalue weighted by atomic mass is 127. The van der Waals surface area contributed by atoms with Crippen LogP contribution in [0, 0.1) is 0 Å². The van der Waals surface area contributed by atoms with Gasteiger partial charge in [0, 0.05) is 36.8 Å². The normalized spacial score (nSPS) is 21.4. The Morgan fingerprint density at radius 3 is 2.30 bits per heavy atom. The van der Waals surface area contributed by atoms with Gasteiger partial charge in [0.2, 0.25) is 0 Å². The Morgan fingerprint density at radius 2 is 1.63 bits per heavy atom. The van der Waals surface area contributed by atoms with E-state index in [1.54, 1.807) is 0 Å². The molecule has 160 valence electrons. The first-order chi connectivity index (χ1) is 14.0. The van der Waals surface area contributed by atoms with Gasteiger partial charge in [-0.05, 0) is 56.3 Å². The molecule has 2 aromatic rings. The molecule has 2 aromatic carbocycles. The highest BCUT2D eigenvalue weighted by molar-refractivity contribution is 6.31. The number of rotatable bonds is 4. The number of anilines is 3. The van der Waals surface area contributed by atoms with Crippen molar-refractivity contribution in [3.05, 3.63) is 70.5 Å². The predicted molar refractivity (Wildman–Crippen MR) is 125 cm³/mol. The minimum atomic E-state index is 0. The summed E-state index contributed by atoms with van der Waals surface area (Å²) in [7, 11) is 4.23. The van der Waals surface area contributed by atoms with Gasteiger partial charge in [0.05, 0.1) is 17.9 Å². The molecule has 1 N–H and O–H groups in total. The monoisotopic (exact) mass is 556 g/mol. The van der Waals surface area contributed by atoms with Gasteiger partial charge in [-0.2, -0.15) is 0 Å². The van der Waals surface area contributed by atoms with Crippen molar-refractivity contribution in [2.75, 3.05) is 41.9 Å². The number of hydrogen-bond acceptors (Lipinski definition) is 3. The zero-order valence-corrected chi connectivity index (χ0v) is 21.3. The zero-order valence-electron chi connectivity index (χ0n) is 17.7. The fourth-order valence-corrected chi connectivity index (χ4v) is 4.79. The SMILES string of the molecule is CCN1C(=CC=CC2N(C)c3cc(Cl)ccc3[NH+]2CC)N(C)c2cc(Cl)ccc21.[I-]. The molecule has 0 fully saturated rings. The molecule has 2 heterocycles. The quantitative estimate of drug-likeness (QED) is 0.577. The van der Waals surface area contributed by atoms with Crippen LogP contribution in [0.15, 0.2) is 60.4 Å². The summed E-state index contributed by atoms with van der Waals surface area (Å²) in [5, 5.41) is 1.54. The van der Waals surface area contributed by atoms with Crippen molar-refractivity contribution in [2.24, 2.45) is 0 Å². The van der Waals surface area contributed by atoms with Gasteiger partial charge in [0.1, 0.15) is 11.5 Å². The highest BCUT2D eigenvalue weighted by Crippen LogP contribution is 2.41. The maximum absolute atomic E-state index is 6.24. The number of benzene rings is 2. The van der Waals surface area contributed by atoms with E-state index in [0.717, 1.165) is 34.6 Å². The molecule has 2 atom stereocenters. The lowest BCUT2D eigenvalue weighted by Gasteiger charge is -2.22. The van der Waals surface area contributed by atoms with Gasteiger partial charge in [-0.25, -0.2) is 0 Å². The van der Waals surface area contributed by atoms with E-state index >= 15 is 0 Å². The second-order valence-corrected chi connectivity index (χ2v) is 8.31. The molecule has 30 heavy (non-hydrogen) atoms. The number of quaternary nitrogens is 1. The summed E-state index contributed by atoms with van der Waals surface area (Å²) >= 11 is 12.5. The Labute approximate surface area is 206 Å². The van der Waals surface area contributed by atoms with E-state index in [2.05, 4.69) is 79.1 Å². The molecule has 0 spiro atoms. The van der Waals surface area contributed by atoms with Gasteiger partial charge in [-0.1, -0.05) is 29.3 Å². The third-order valence-electron chi connectivity index (χ3n) is 5.91. The summed E-state index contributed by atoms with van der Waals surface area (Å²) in [4.78, 5) is 8.25. The van der Waals surface area contributed by atoms with Crippen molar-refractivity contribution in [2.45, 2.75) is 20.0 Å². The van der Waals surface area contributed by atoms with Crippen molar-refractivity contribution < 1.29 is 28.9 Å². The fourth-order valence-electron chi connectivity index (χ4n) is 4.46. The molecule has 4 nitrogen and oxygen atoms in total. The molecule has 2 unspecified atom stereocenters. The molecule has 0 aromatic heterocycles. The van der Waals surface area contributed by atoms with Crippen LogP contribution in [-0.2, 0) is 0 Å². The maximum atomic E-state index is 6.24. The first-order valence-corrected chi connectivity index (χ1v) is 10.8. The summed E-state index contributed by atoms with van der Waals surface area (Å²) in [6.07, 6.45) is 6.88. The molecular weight excluding hydrogens is 530 g/mol. The first-order valence-electron chi connectivity index (χ1n) is 10.0. The van der Waals surface area contributed by atoms with Crippen LogP contribution in [-0.4, -0.2) is 33.4 Å². The predicted octanol–water partition coefficient (Wildman–Crippen LogP) is 1.68. The summed E-state index contributed by atoms with van der Waals surface area (Å²) in [6.45, 7) is 6.30. The Bertz CT molecular complexity index is 991. The largest absolute Gasteiger partial charge is 1.00 e. The van der Waals surface area contributed by atoms with Crippen LogP contribution < -0.4 is 43.6 Å². The maximum Gasteiger partial charge on any atom is 0.187 e. The number of nitrogens with one attached hydrogen (secondary N) is 1. The van der Waals surface area contributed by atoms with Crippen LogP contribution >= 0.6 is 23.2 Å². The van der Waals surface area contributed by atoms with Crippen LogP contribution in [0.5, 0.6) is 0 Å². The van der Waals surface area contributed by atoms with Gasteiger partial charge in [0.15, 0.2) is 11.9 Å². The number of fused-ring (bicyclic) bond motifs is 2. The summed E-state index contributed by atoms with van der Waals surface area (Å²) < 4.78 is 0. The first kappa shape index (κ1) is 23.3. The lowest BCUT2D eigenvalue weighted by Crippen LogP contribution is -3.10. The van der Waals surface area contributed by atoms with E-state index in [1.807, 2.05) is 18.2 Å². The van der Waals surface area contributed by atoms with Crippen LogP contribution in [0.2, 0.25) is 10.0 Å². The molecule has 0 saturated carbocycles. The van der Waals surface area contributed by atoms with Crippen molar-refractivity contribution in [3.8, 4) is 0 Å².